The van der Waals surface area contributed by atoms with Gasteiger partial charge in [-0.1, -0.05) is 0 Å². The van der Waals surface area contributed by atoms with Crippen LogP contribution in [0.5, 0.6) is 0 Å². The van der Waals surface area contributed by atoms with Crippen LogP contribution >= 0.6 is 0 Å². The van der Waals surface area contributed by atoms with Crippen molar-refractivity contribution < 1.29 is 17.6 Å². The molecule has 0 aliphatic rings. The molecule has 4 aromatic heterocycles. The predicted molar refractivity (Wildman–Crippen MR) is 111 cm³/mol. The van der Waals surface area contributed by atoms with Crippen molar-refractivity contribution >= 4 is 11.0 Å². The molecule has 162 valence electrons. The van der Waals surface area contributed by atoms with Gasteiger partial charge in [0.25, 0.3) is 5.89 Å². The number of aryl methyl sites for hydroxylation is 2. The van der Waals surface area contributed by atoms with Crippen molar-refractivity contribution in [1.82, 2.24) is 24.3 Å². The molecule has 0 atom stereocenters. The van der Waals surface area contributed by atoms with Gasteiger partial charge in [-0.2, -0.15) is 8.78 Å². The minimum Gasteiger partial charge on any atom is -0.461 e. The van der Waals surface area contributed by atoms with E-state index in [2.05, 4.69) is 15.2 Å². The first-order chi connectivity index (χ1) is 15.4. The number of aromatic nitrogens is 5. The molecule has 5 aromatic rings. The van der Waals surface area contributed by atoms with E-state index in [1.54, 1.807) is 28.3 Å². The number of nitrogens with zero attached hydrogens (tertiary/aromatic N) is 5. The number of fused-ring (bicyclic) bond motifs is 1. The van der Waals surface area contributed by atoms with E-state index >= 15 is 0 Å². The largest absolute Gasteiger partial charge is 0.461 e. The van der Waals surface area contributed by atoms with E-state index in [-0.39, 0.29) is 18.1 Å². The van der Waals surface area contributed by atoms with Crippen LogP contribution in [0.4, 0.5) is 8.78 Å². The number of rotatable bonds is 5. The maximum Gasteiger partial charge on any atom is 0.329 e. The molecule has 0 saturated heterocycles. The molecule has 0 bridgehead atoms. The summed E-state index contributed by atoms with van der Waals surface area (Å²) >= 11 is 0. The van der Waals surface area contributed by atoms with Crippen LogP contribution in [0.1, 0.15) is 23.8 Å². The molecule has 0 amide bonds. The average Bonchev–Trinajstić information content (AvgIpc) is 3.50. The van der Waals surface area contributed by atoms with Crippen molar-refractivity contribution in [2.45, 2.75) is 19.9 Å². The molecule has 0 radical (unpaired) electrons. The van der Waals surface area contributed by atoms with Gasteiger partial charge in [-0.25, -0.2) is 4.79 Å². The van der Waals surface area contributed by atoms with Gasteiger partial charge in [0.1, 0.15) is 11.5 Å². The van der Waals surface area contributed by atoms with Gasteiger partial charge in [0.2, 0.25) is 5.89 Å². The number of pyridine rings is 1. The van der Waals surface area contributed by atoms with E-state index in [1.807, 2.05) is 37.3 Å². The van der Waals surface area contributed by atoms with E-state index in [0.29, 0.717) is 11.3 Å². The molecule has 0 aliphatic heterocycles. The Bertz CT molecular complexity index is 1480. The smallest absolute Gasteiger partial charge is 0.329 e. The van der Waals surface area contributed by atoms with Gasteiger partial charge < -0.3 is 8.83 Å². The van der Waals surface area contributed by atoms with Gasteiger partial charge in [-0.05, 0) is 49.4 Å². The van der Waals surface area contributed by atoms with Crippen LogP contribution in [-0.4, -0.2) is 24.3 Å². The van der Waals surface area contributed by atoms with Gasteiger partial charge in [-0.15, -0.1) is 10.2 Å². The van der Waals surface area contributed by atoms with Crippen LogP contribution < -0.4 is 5.69 Å². The first-order valence-electron chi connectivity index (χ1n) is 9.73. The van der Waals surface area contributed by atoms with Gasteiger partial charge in [-0.3, -0.25) is 14.1 Å². The van der Waals surface area contributed by atoms with E-state index in [9.17, 15) is 13.6 Å². The molecule has 8 nitrogen and oxygen atoms in total. The van der Waals surface area contributed by atoms with Gasteiger partial charge in [0, 0.05) is 18.8 Å². The third-order valence-corrected chi connectivity index (χ3v) is 5.19. The lowest BCUT2D eigenvalue weighted by molar-refractivity contribution is 0.116. The van der Waals surface area contributed by atoms with Crippen molar-refractivity contribution in [2.75, 3.05) is 0 Å². The average molecular weight is 437 g/mol. The number of imidazole rings is 1. The lowest BCUT2D eigenvalue weighted by Crippen LogP contribution is -2.23. The highest BCUT2D eigenvalue weighted by atomic mass is 19.3. The molecule has 4 heterocycles. The Balaban J connectivity index is 1.46. The second-order valence-electron chi connectivity index (χ2n) is 7.33. The standard InChI is InChI=1S/C22H17F2N5O3/c1-12-3-8-18(31-12)13-5-7-16-17(9-13)28(2)22(30)29(16)11-15-6-4-14(10-25-15)20-26-27-21(32-20)19(23)24/h3-10,19H,11H2,1-2H3. The Labute approximate surface area is 179 Å². The lowest BCUT2D eigenvalue weighted by Gasteiger charge is -2.04. The van der Waals surface area contributed by atoms with Crippen molar-refractivity contribution in [2.24, 2.45) is 7.05 Å². The highest BCUT2D eigenvalue weighted by Crippen LogP contribution is 2.26. The van der Waals surface area contributed by atoms with Crippen molar-refractivity contribution in [3.63, 3.8) is 0 Å². The van der Waals surface area contributed by atoms with Crippen LogP contribution in [0, 0.1) is 6.92 Å². The number of alkyl halides is 2. The molecule has 0 fully saturated rings. The molecule has 0 unspecified atom stereocenters. The lowest BCUT2D eigenvalue weighted by atomic mass is 10.1. The van der Waals surface area contributed by atoms with E-state index in [1.165, 1.54) is 6.20 Å². The highest BCUT2D eigenvalue weighted by molar-refractivity contribution is 5.81. The van der Waals surface area contributed by atoms with E-state index in [4.69, 9.17) is 8.83 Å². The Morgan fingerprint density at radius 3 is 2.47 bits per heavy atom. The van der Waals surface area contributed by atoms with Crippen LogP contribution in [0.3, 0.4) is 0 Å². The zero-order chi connectivity index (χ0) is 22.4. The molecule has 0 saturated carbocycles. The van der Waals surface area contributed by atoms with Crippen LogP contribution in [0.25, 0.3) is 33.8 Å². The summed E-state index contributed by atoms with van der Waals surface area (Å²) in [5, 5.41) is 6.92. The summed E-state index contributed by atoms with van der Waals surface area (Å²) in [4.78, 5) is 17.2. The van der Waals surface area contributed by atoms with Crippen LogP contribution in [0.15, 0.2) is 62.3 Å². The van der Waals surface area contributed by atoms with Gasteiger partial charge in [0.05, 0.1) is 28.8 Å². The minimum absolute atomic E-state index is 0.0395. The summed E-state index contributed by atoms with van der Waals surface area (Å²) < 4.78 is 39.1. The summed E-state index contributed by atoms with van der Waals surface area (Å²) in [6, 6.07) is 12.8. The summed E-state index contributed by atoms with van der Waals surface area (Å²) in [6.07, 6.45) is -1.38. The normalized spacial score (nSPS) is 11.7. The SMILES string of the molecule is Cc1ccc(-c2ccc3c(c2)n(C)c(=O)n3Cc2ccc(-c3nnc(C(F)F)o3)cn2)o1. The Hall–Kier alpha value is -4.08. The molecule has 10 heteroatoms. The molecule has 0 spiro atoms. The number of furan rings is 1. The second kappa shape index (κ2) is 7.56. The fourth-order valence-corrected chi connectivity index (χ4v) is 3.55. The topological polar surface area (TPSA) is 91.9 Å². The minimum atomic E-state index is -2.83. The van der Waals surface area contributed by atoms with Crippen LogP contribution in [0.2, 0.25) is 0 Å². The third-order valence-electron chi connectivity index (χ3n) is 5.19. The maximum absolute atomic E-state index is 12.9. The van der Waals surface area contributed by atoms with Crippen molar-refractivity contribution in [3.8, 4) is 22.8 Å². The molecular formula is C22H17F2N5O3. The Morgan fingerprint density at radius 2 is 1.81 bits per heavy atom. The summed E-state index contributed by atoms with van der Waals surface area (Å²) in [7, 11) is 1.71. The molecule has 5 rings (SSSR count). The van der Waals surface area contributed by atoms with Crippen LogP contribution in [-0.2, 0) is 13.6 Å². The van der Waals surface area contributed by atoms with Gasteiger partial charge in [0.15, 0.2) is 0 Å². The maximum atomic E-state index is 12.9. The second-order valence-corrected chi connectivity index (χ2v) is 7.33. The number of hydrogen-bond donors (Lipinski definition) is 0. The first-order valence-corrected chi connectivity index (χ1v) is 9.73. The molecule has 0 N–H and O–H groups in total. The zero-order valence-electron chi connectivity index (χ0n) is 17.1. The summed E-state index contributed by atoms with van der Waals surface area (Å²) in [5.74, 6) is 0.766. The van der Waals surface area contributed by atoms with E-state index < -0.39 is 12.3 Å². The zero-order valence-corrected chi connectivity index (χ0v) is 17.1. The number of hydrogen-bond acceptors (Lipinski definition) is 6. The predicted octanol–water partition coefficient (Wildman–Crippen LogP) is 4.34. The fraction of sp³-hybridized carbons (Fsp3) is 0.182. The fourth-order valence-electron chi connectivity index (χ4n) is 3.55. The number of halogens is 2. The summed E-state index contributed by atoms with van der Waals surface area (Å²) in [5.41, 5.74) is 3.25. The first kappa shape index (κ1) is 19.9. The third kappa shape index (κ3) is 3.39. The highest BCUT2D eigenvalue weighted by Gasteiger charge is 2.18. The monoisotopic (exact) mass is 437 g/mol. The molecule has 0 aliphatic carbocycles. The molecular weight excluding hydrogens is 420 g/mol. The number of benzene rings is 1. The Morgan fingerprint density at radius 1 is 1.00 bits per heavy atom. The molecule has 32 heavy (non-hydrogen) atoms. The Kier molecular flexibility index (Phi) is 4.69. The van der Waals surface area contributed by atoms with Gasteiger partial charge >= 0.3 is 12.1 Å². The van der Waals surface area contributed by atoms with Crippen molar-refractivity contribution in [1.29, 1.82) is 0 Å². The molecule has 1 aromatic carbocycles. The quantitative estimate of drug-likeness (QED) is 0.406. The summed E-state index contributed by atoms with van der Waals surface area (Å²) in [6.45, 7) is 2.12. The van der Waals surface area contributed by atoms with E-state index in [0.717, 1.165) is 28.1 Å². The van der Waals surface area contributed by atoms with Crippen molar-refractivity contribution in [3.05, 3.63) is 76.5 Å².